The third kappa shape index (κ3) is 4.32. The van der Waals surface area contributed by atoms with Gasteiger partial charge in [0, 0.05) is 12.0 Å². The summed E-state index contributed by atoms with van der Waals surface area (Å²) in [5, 5.41) is 14.8. The number of H-pyrrole nitrogens is 1. The molecule has 2 rings (SSSR count). The molecule has 0 aliphatic carbocycles. The number of fused-ring (bicyclic) bond motifs is 1. The standard InChI is InChI=1S/C14H21N5O3S/c1-9-11(13(22)19-14(17-9)15-8-16-19)3-4-12(21)18-10(7-20)5-6-23-2/h8,10,20H,3-7H2,1-2H3,(H,18,21)(H,15,16,17). The summed E-state index contributed by atoms with van der Waals surface area (Å²) in [7, 11) is 0. The fourth-order valence-corrected chi connectivity index (χ4v) is 2.81. The lowest BCUT2D eigenvalue weighted by molar-refractivity contribution is -0.122. The van der Waals surface area contributed by atoms with Crippen molar-refractivity contribution in [1.29, 1.82) is 0 Å². The molecule has 3 N–H and O–H groups in total. The van der Waals surface area contributed by atoms with Crippen molar-refractivity contribution in [3.63, 3.8) is 0 Å². The van der Waals surface area contributed by atoms with Crippen molar-refractivity contribution in [3.05, 3.63) is 27.9 Å². The predicted octanol–water partition coefficient (Wildman–Crippen LogP) is -0.111. The summed E-state index contributed by atoms with van der Waals surface area (Å²) in [6.07, 6.45) is 4.56. The quantitative estimate of drug-likeness (QED) is 0.618. The molecule has 1 amide bonds. The summed E-state index contributed by atoms with van der Waals surface area (Å²) in [6, 6.07) is -0.245. The summed E-state index contributed by atoms with van der Waals surface area (Å²) in [5.74, 6) is 1.00. The van der Waals surface area contributed by atoms with Gasteiger partial charge in [-0.1, -0.05) is 0 Å². The lowest BCUT2D eigenvalue weighted by atomic mass is 10.1. The maximum absolute atomic E-state index is 12.3. The Morgan fingerprint density at radius 2 is 2.35 bits per heavy atom. The van der Waals surface area contributed by atoms with E-state index < -0.39 is 0 Å². The number of aliphatic hydroxyl groups is 1. The van der Waals surface area contributed by atoms with Crippen LogP contribution in [0.25, 0.3) is 5.78 Å². The van der Waals surface area contributed by atoms with Gasteiger partial charge in [-0.2, -0.15) is 16.3 Å². The number of carbonyl (C=O) groups excluding carboxylic acids is 1. The van der Waals surface area contributed by atoms with E-state index in [2.05, 4.69) is 20.4 Å². The molecule has 2 aromatic heterocycles. The fourth-order valence-electron chi connectivity index (χ4n) is 2.29. The average Bonchev–Trinajstić information content (AvgIpc) is 2.99. The highest BCUT2D eigenvalue weighted by atomic mass is 32.2. The summed E-state index contributed by atoms with van der Waals surface area (Å²) in [6.45, 7) is 1.65. The molecule has 0 spiro atoms. The zero-order valence-corrected chi connectivity index (χ0v) is 14.0. The minimum atomic E-state index is -0.245. The Bertz CT molecular complexity index is 727. The van der Waals surface area contributed by atoms with Crippen molar-refractivity contribution in [2.45, 2.75) is 32.2 Å². The molecule has 2 aromatic rings. The second-order valence-corrected chi connectivity index (χ2v) is 6.22. The van der Waals surface area contributed by atoms with Crippen LogP contribution in [0, 0.1) is 6.92 Å². The van der Waals surface area contributed by atoms with Crippen LogP contribution >= 0.6 is 11.8 Å². The van der Waals surface area contributed by atoms with Crippen molar-refractivity contribution >= 4 is 23.4 Å². The van der Waals surface area contributed by atoms with Crippen molar-refractivity contribution < 1.29 is 9.90 Å². The molecule has 0 aliphatic heterocycles. The first-order chi connectivity index (χ1) is 11.1. The summed E-state index contributed by atoms with van der Waals surface area (Å²) in [4.78, 5) is 32.5. The van der Waals surface area contributed by atoms with Gasteiger partial charge in [-0.05, 0) is 31.8 Å². The van der Waals surface area contributed by atoms with Crippen molar-refractivity contribution in [2.24, 2.45) is 0 Å². The third-order valence-corrected chi connectivity index (χ3v) is 4.23. The van der Waals surface area contributed by atoms with Gasteiger partial charge in [-0.15, -0.1) is 0 Å². The van der Waals surface area contributed by atoms with E-state index in [-0.39, 0.29) is 30.5 Å². The second-order valence-electron chi connectivity index (χ2n) is 5.23. The van der Waals surface area contributed by atoms with E-state index in [4.69, 9.17) is 0 Å². The van der Waals surface area contributed by atoms with Crippen LogP contribution in [0.5, 0.6) is 0 Å². The molecule has 1 unspecified atom stereocenters. The first kappa shape index (κ1) is 17.5. The van der Waals surface area contributed by atoms with E-state index in [0.29, 0.717) is 29.9 Å². The van der Waals surface area contributed by atoms with Crippen molar-refractivity contribution in [1.82, 2.24) is 24.9 Å². The molecule has 9 heteroatoms. The highest BCUT2D eigenvalue weighted by Gasteiger charge is 2.15. The molecule has 0 fully saturated rings. The molecular weight excluding hydrogens is 318 g/mol. The predicted molar refractivity (Wildman–Crippen MR) is 88.7 cm³/mol. The molecule has 8 nitrogen and oxygen atoms in total. The van der Waals surface area contributed by atoms with Crippen LogP contribution in [0.1, 0.15) is 24.1 Å². The summed E-state index contributed by atoms with van der Waals surface area (Å²) >= 11 is 1.66. The van der Waals surface area contributed by atoms with Gasteiger partial charge in [0.25, 0.3) is 11.3 Å². The number of amides is 1. The van der Waals surface area contributed by atoms with Crippen molar-refractivity contribution in [2.75, 3.05) is 18.6 Å². The van der Waals surface area contributed by atoms with Crippen LogP contribution in [0.15, 0.2) is 11.1 Å². The van der Waals surface area contributed by atoms with Gasteiger partial charge in [0.15, 0.2) is 0 Å². The Morgan fingerprint density at radius 3 is 3.04 bits per heavy atom. The van der Waals surface area contributed by atoms with Gasteiger partial charge >= 0.3 is 0 Å². The lowest BCUT2D eigenvalue weighted by Gasteiger charge is -2.15. The van der Waals surface area contributed by atoms with Crippen LogP contribution in [0.3, 0.4) is 0 Å². The third-order valence-electron chi connectivity index (χ3n) is 3.59. The molecule has 0 radical (unpaired) electrons. The zero-order valence-electron chi connectivity index (χ0n) is 13.2. The molecular formula is C14H21N5O3S. The number of thioether (sulfide) groups is 1. The number of hydrogen-bond acceptors (Lipinski definition) is 6. The van der Waals surface area contributed by atoms with Gasteiger partial charge in [-0.3, -0.25) is 14.7 Å². The molecule has 23 heavy (non-hydrogen) atoms. The largest absolute Gasteiger partial charge is 0.394 e. The fraction of sp³-hybridized carbons (Fsp3) is 0.571. The number of carbonyl (C=O) groups is 1. The number of aromatic nitrogens is 4. The normalized spacial score (nSPS) is 12.5. The van der Waals surface area contributed by atoms with E-state index in [9.17, 15) is 14.7 Å². The van der Waals surface area contributed by atoms with E-state index in [1.165, 1.54) is 10.8 Å². The number of aryl methyl sites for hydroxylation is 1. The van der Waals surface area contributed by atoms with Crippen molar-refractivity contribution in [3.8, 4) is 0 Å². The Balaban J connectivity index is 2.00. The van der Waals surface area contributed by atoms with E-state index in [0.717, 1.165) is 5.75 Å². The Kier molecular flexibility index (Phi) is 6.17. The van der Waals surface area contributed by atoms with Crippen LogP contribution in [0.4, 0.5) is 0 Å². The summed E-state index contributed by atoms with van der Waals surface area (Å²) < 4.78 is 1.26. The zero-order chi connectivity index (χ0) is 16.8. The van der Waals surface area contributed by atoms with Gasteiger partial charge < -0.3 is 10.4 Å². The molecule has 1 atom stereocenters. The number of nitrogens with zero attached hydrogens (tertiary/aromatic N) is 3. The van der Waals surface area contributed by atoms with Gasteiger partial charge in [0.05, 0.1) is 18.3 Å². The highest BCUT2D eigenvalue weighted by Crippen LogP contribution is 2.05. The monoisotopic (exact) mass is 339 g/mol. The molecule has 0 saturated carbocycles. The molecule has 126 valence electrons. The number of nitrogens with one attached hydrogen (secondary N) is 2. The minimum absolute atomic E-state index is 0.0877. The summed E-state index contributed by atoms with van der Waals surface area (Å²) in [5.41, 5.74) is 0.835. The average molecular weight is 339 g/mol. The van der Waals surface area contributed by atoms with Crippen LogP contribution < -0.4 is 10.9 Å². The number of hydrogen-bond donors (Lipinski definition) is 3. The maximum atomic E-state index is 12.3. The first-order valence-corrected chi connectivity index (χ1v) is 8.77. The topological polar surface area (TPSA) is 112 Å². The van der Waals surface area contributed by atoms with E-state index in [1.54, 1.807) is 18.7 Å². The molecule has 0 bridgehead atoms. The van der Waals surface area contributed by atoms with Gasteiger partial charge in [0.1, 0.15) is 6.33 Å². The Hall–Kier alpha value is -1.87. The van der Waals surface area contributed by atoms with Crippen LogP contribution in [-0.2, 0) is 11.2 Å². The Morgan fingerprint density at radius 1 is 1.57 bits per heavy atom. The number of aromatic amines is 1. The van der Waals surface area contributed by atoms with Gasteiger partial charge in [-0.25, -0.2) is 9.97 Å². The van der Waals surface area contributed by atoms with Crippen LogP contribution in [-0.4, -0.2) is 55.3 Å². The molecule has 0 aliphatic rings. The highest BCUT2D eigenvalue weighted by molar-refractivity contribution is 7.98. The second kappa shape index (κ2) is 8.11. The SMILES string of the molecule is CSCCC(CO)NC(=O)CCc1c(C)nc2nc[nH]n2c1=O. The van der Waals surface area contributed by atoms with E-state index >= 15 is 0 Å². The molecule has 0 aromatic carbocycles. The maximum Gasteiger partial charge on any atom is 0.277 e. The number of rotatable bonds is 8. The Labute approximate surface area is 137 Å². The lowest BCUT2D eigenvalue weighted by Crippen LogP contribution is -2.38. The number of aliphatic hydroxyl groups excluding tert-OH is 1. The minimum Gasteiger partial charge on any atom is -0.394 e. The van der Waals surface area contributed by atoms with E-state index in [1.807, 2.05) is 6.26 Å². The van der Waals surface area contributed by atoms with Gasteiger partial charge in [0.2, 0.25) is 5.91 Å². The molecule has 2 heterocycles. The molecule has 0 saturated heterocycles. The first-order valence-electron chi connectivity index (χ1n) is 7.37. The smallest absolute Gasteiger partial charge is 0.277 e. The van der Waals surface area contributed by atoms with Crippen LogP contribution in [0.2, 0.25) is 0 Å².